The van der Waals surface area contributed by atoms with Crippen molar-refractivity contribution in [3.8, 4) is 10.6 Å². The molecule has 0 aliphatic carbocycles. The summed E-state index contributed by atoms with van der Waals surface area (Å²) in [6, 6.07) is 12.3. The van der Waals surface area contributed by atoms with Crippen LogP contribution in [0.4, 0.5) is 10.1 Å². The molecule has 0 unspecified atom stereocenters. The summed E-state index contributed by atoms with van der Waals surface area (Å²) < 4.78 is 20.2. The van der Waals surface area contributed by atoms with E-state index >= 15 is 0 Å². The maximum Gasteiger partial charge on any atom is 0.266 e. The fraction of sp³-hybridized carbons (Fsp3) is 0.100. The third-order valence-corrected chi connectivity index (χ3v) is 6.10. The maximum atomic E-state index is 14.3. The number of aromatic nitrogens is 1. The van der Waals surface area contributed by atoms with Gasteiger partial charge >= 0.3 is 0 Å². The molecule has 1 N–H and O–H groups in total. The van der Waals surface area contributed by atoms with Crippen LogP contribution in [0.3, 0.4) is 0 Å². The molecule has 0 aliphatic heterocycles. The third kappa shape index (κ3) is 3.49. The number of rotatable bonds is 5. The van der Waals surface area contributed by atoms with E-state index in [2.05, 4.69) is 10.3 Å². The number of hydrogen-bond donors (Lipinski definition) is 1. The van der Waals surface area contributed by atoms with Crippen molar-refractivity contribution in [2.45, 2.75) is 6.61 Å². The van der Waals surface area contributed by atoms with Gasteiger partial charge in [-0.25, -0.2) is 9.37 Å². The number of carbonyl (C=O) groups is 1. The number of benzene rings is 2. The number of halogens is 1. The number of thiazole rings is 1. The summed E-state index contributed by atoms with van der Waals surface area (Å²) in [6.07, 6.45) is 1.76. The molecular formula is C20H15FN2O2S2. The molecule has 0 spiro atoms. The van der Waals surface area contributed by atoms with Crippen LogP contribution in [0.2, 0.25) is 0 Å². The van der Waals surface area contributed by atoms with E-state index in [9.17, 15) is 9.18 Å². The lowest BCUT2D eigenvalue weighted by molar-refractivity contribution is 0.102. The van der Waals surface area contributed by atoms with Crippen LogP contribution in [0.1, 0.15) is 15.2 Å². The summed E-state index contributed by atoms with van der Waals surface area (Å²) in [7, 11) is 1.53. The third-order valence-electron chi connectivity index (χ3n) is 4.08. The van der Waals surface area contributed by atoms with Crippen molar-refractivity contribution < 1.29 is 13.9 Å². The average Bonchev–Trinajstić information content (AvgIpc) is 3.32. The zero-order valence-corrected chi connectivity index (χ0v) is 16.0. The molecule has 0 bridgehead atoms. The Bertz CT molecular complexity index is 1090. The largest absolute Gasteiger partial charge is 0.380 e. The monoisotopic (exact) mass is 398 g/mol. The molecule has 4 nitrogen and oxygen atoms in total. The lowest BCUT2D eigenvalue weighted by atomic mass is 10.1. The van der Waals surface area contributed by atoms with E-state index in [1.54, 1.807) is 23.6 Å². The van der Waals surface area contributed by atoms with Gasteiger partial charge in [0.05, 0.1) is 11.5 Å². The van der Waals surface area contributed by atoms with Crippen LogP contribution >= 0.6 is 22.7 Å². The minimum atomic E-state index is -0.345. The minimum absolute atomic E-state index is 0.173. The van der Waals surface area contributed by atoms with E-state index in [1.807, 2.05) is 35.7 Å². The Kier molecular flexibility index (Phi) is 4.98. The van der Waals surface area contributed by atoms with Crippen LogP contribution < -0.4 is 5.32 Å². The summed E-state index contributed by atoms with van der Waals surface area (Å²) in [6.45, 7) is 0.173. The molecule has 0 atom stereocenters. The highest BCUT2D eigenvalue weighted by Gasteiger charge is 2.20. The zero-order valence-electron chi connectivity index (χ0n) is 14.4. The molecule has 0 radical (unpaired) electrons. The lowest BCUT2D eigenvalue weighted by Gasteiger charge is -2.07. The molecule has 27 heavy (non-hydrogen) atoms. The van der Waals surface area contributed by atoms with Crippen LogP contribution in [0, 0.1) is 5.82 Å². The molecule has 2 aromatic carbocycles. The SMILES string of the molecule is COCc1c(C(=O)Nc2ccc(-c3nccs3)cc2)sc2cccc(F)c12. The van der Waals surface area contributed by atoms with Crippen molar-refractivity contribution in [2.24, 2.45) is 0 Å². The number of nitrogens with one attached hydrogen (secondary N) is 1. The molecule has 2 aromatic heterocycles. The second kappa shape index (κ2) is 7.56. The van der Waals surface area contributed by atoms with Crippen LogP contribution in [-0.4, -0.2) is 18.0 Å². The molecule has 0 saturated heterocycles. The molecule has 7 heteroatoms. The van der Waals surface area contributed by atoms with Crippen LogP contribution in [-0.2, 0) is 11.3 Å². The molecule has 4 rings (SSSR count). The van der Waals surface area contributed by atoms with Crippen molar-refractivity contribution in [1.82, 2.24) is 4.98 Å². The Hall–Kier alpha value is -2.61. The van der Waals surface area contributed by atoms with E-state index in [0.717, 1.165) is 15.3 Å². The Morgan fingerprint density at radius 2 is 2.04 bits per heavy atom. The van der Waals surface area contributed by atoms with Crippen molar-refractivity contribution in [1.29, 1.82) is 0 Å². The highest BCUT2D eigenvalue weighted by Crippen LogP contribution is 2.34. The quantitative estimate of drug-likeness (QED) is 0.479. The van der Waals surface area contributed by atoms with Gasteiger partial charge in [0, 0.05) is 45.6 Å². The topological polar surface area (TPSA) is 51.2 Å². The number of thiophene rings is 1. The lowest BCUT2D eigenvalue weighted by Crippen LogP contribution is -2.12. The van der Waals surface area contributed by atoms with Crippen molar-refractivity contribution in [2.75, 3.05) is 12.4 Å². The van der Waals surface area contributed by atoms with Gasteiger partial charge in [-0.05, 0) is 36.4 Å². The van der Waals surface area contributed by atoms with E-state index in [0.29, 0.717) is 21.5 Å². The predicted molar refractivity (Wildman–Crippen MR) is 108 cm³/mol. The summed E-state index contributed by atoms with van der Waals surface area (Å²) in [5.41, 5.74) is 2.24. The maximum absolute atomic E-state index is 14.3. The number of amides is 1. The molecule has 4 aromatic rings. The fourth-order valence-electron chi connectivity index (χ4n) is 2.88. The van der Waals surface area contributed by atoms with Gasteiger partial charge in [0.25, 0.3) is 5.91 Å². The van der Waals surface area contributed by atoms with E-state index < -0.39 is 0 Å². The first-order valence-electron chi connectivity index (χ1n) is 8.17. The molecule has 0 fully saturated rings. The smallest absolute Gasteiger partial charge is 0.266 e. The van der Waals surface area contributed by atoms with Gasteiger partial charge in [-0.3, -0.25) is 4.79 Å². The number of fused-ring (bicyclic) bond motifs is 1. The molecule has 0 aliphatic rings. The molecule has 0 saturated carbocycles. The van der Waals surface area contributed by atoms with Gasteiger partial charge in [0.2, 0.25) is 0 Å². The Labute approximate surface area is 163 Å². The number of hydrogen-bond acceptors (Lipinski definition) is 5. The van der Waals surface area contributed by atoms with Crippen molar-refractivity contribution in [3.63, 3.8) is 0 Å². The first kappa shape index (κ1) is 17.8. The van der Waals surface area contributed by atoms with Gasteiger partial charge in [-0.15, -0.1) is 22.7 Å². The Morgan fingerprint density at radius 1 is 1.22 bits per heavy atom. The Morgan fingerprint density at radius 3 is 2.74 bits per heavy atom. The van der Waals surface area contributed by atoms with Crippen LogP contribution in [0.15, 0.2) is 54.0 Å². The van der Waals surface area contributed by atoms with Gasteiger partial charge in [0.1, 0.15) is 10.8 Å². The average molecular weight is 398 g/mol. The molecular weight excluding hydrogens is 383 g/mol. The van der Waals surface area contributed by atoms with Crippen LogP contribution in [0.5, 0.6) is 0 Å². The number of anilines is 1. The zero-order chi connectivity index (χ0) is 18.8. The van der Waals surface area contributed by atoms with E-state index in [4.69, 9.17) is 4.74 Å². The van der Waals surface area contributed by atoms with Gasteiger partial charge < -0.3 is 10.1 Å². The summed E-state index contributed by atoms with van der Waals surface area (Å²) >= 11 is 2.82. The molecule has 2 heterocycles. The first-order valence-corrected chi connectivity index (χ1v) is 9.87. The first-order chi connectivity index (χ1) is 13.2. The van der Waals surface area contributed by atoms with Crippen molar-refractivity contribution in [3.05, 3.63) is 70.3 Å². The standard InChI is InChI=1S/C20H15FN2O2S2/c1-25-11-14-17-15(21)3-2-4-16(17)27-18(14)19(24)23-13-7-5-12(6-8-13)20-22-9-10-26-20/h2-10H,11H2,1H3,(H,23,24). The molecule has 1 amide bonds. The number of carbonyl (C=O) groups excluding carboxylic acids is 1. The summed E-state index contributed by atoms with van der Waals surface area (Å²) in [5.74, 6) is -0.618. The second-order valence-corrected chi connectivity index (χ2v) is 7.77. The number of ether oxygens (including phenoxy) is 1. The minimum Gasteiger partial charge on any atom is -0.380 e. The molecule has 136 valence electrons. The van der Waals surface area contributed by atoms with Gasteiger partial charge in [-0.2, -0.15) is 0 Å². The highest BCUT2D eigenvalue weighted by atomic mass is 32.1. The van der Waals surface area contributed by atoms with Gasteiger partial charge in [0.15, 0.2) is 0 Å². The van der Waals surface area contributed by atoms with Crippen molar-refractivity contribution >= 4 is 44.4 Å². The highest BCUT2D eigenvalue weighted by molar-refractivity contribution is 7.21. The van der Waals surface area contributed by atoms with E-state index in [-0.39, 0.29) is 18.3 Å². The van der Waals surface area contributed by atoms with Gasteiger partial charge in [-0.1, -0.05) is 6.07 Å². The van der Waals surface area contributed by atoms with Crippen LogP contribution in [0.25, 0.3) is 20.7 Å². The number of nitrogens with zero attached hydrogens (tertiary/aromatic N) is 1. The van der Waals surface area contributed by atoms with E-state index in [1.165, 1.54) is 24.5 Å². The second-order valence-electron chi connectivity index (χ2n) is 5.82. The predicted octanol–water partition coefficient (Wildman–Crippen LogP) is 5.56. The Balaban J connectivity index is 1.63. The summed E-state index contributed by atoms with van der Waals surface area (Å²) in [4.78, 5) is 17.5. The summed E-state index contributed by atoms with van der Waals surface area (Å²) in [5, 5.41) is 6.18. The number of methoxy groups -OCH3 is 1. The normalized spacial score (nSPS) is 11.0. The fourth-order valence-corrected chi connectivity index (χ4v) is 4.64.